The van der Waals surface area contributed by atoms with Gasteiger partial charge in [0.2, 0.25) is 5.91 Å². The highest BCUT2D eigenvalue weighted by Crippen LogP contribution is 2.36. The summed E-state index contributed by atoms with van der Waals surface area (Å²) in [6.07, 6.45) is 68.7. The molecule has 0 fully saturated rings. The molecule has 7 nitrogen and oxygen atoms in total. The van der Waals surface area contributed by atoms with Crippen molar-refractivity contribution in [3.63, 3.8) is 0 Å². The van der Waals surface area contributed by atoms with E-state index in [1.165, 1.54) is 289 Å². The monoisotopic (exact) mass is 970 g/mol. The number of hydrogen-bond acceptors (Lipinski definition) is 4. The van der Waals surface area contributed by atoms with Crippen molar-refractivity contribution in [2.24, 2.45) is 0 Å². The molecular formula is C59H120NO6P. The Balaban J connectivity index is 3.60. The van der Waals surface area contributed by atoms with Crippen LogP contribution in [0.4, 0.5) is 0 Å². The number of nitrogens with one attached hydrogen (secondary N) is 1. The first-order chi connectivity index (χ1) is 32.8. The molecule has 0 saturated heterocycles. The summed E-state index contributed by atoms with van der Waals surface area (Å²) in [6.45, 7) is 4.18. The summed E-state index contributed by atoms with van der Waals surface area (Å²) in [5, 5.41) is 13.6. The zero-order chi connectivity index (χ0) is 48.8. The number of rotatable bonds is 58. The minimum Gasteiger partial charge on any atom is -0.391 e. The largest absolute Gasteiger partial charge is 0.469 e. The standard InChI is InChI=1S/C59H120NO6P/c1-3-5-7-9-11-13-15-17-19-21-22-23-24-25-26-27-28-29-30-31-32-33-34-35-36-37-39-41-43-45-47-49-51-53-55-59(62)60-57(56-66-67(63,64)65)58(61)54-52-50-48-46-44-42-40-38-20-18-16-14-12-10-8-6-4-2/h57-58,61H,3-56H2,1-2H3,(H,60,62)(H2,63,64,65)/t57-,58+/m0/s1. The lowest BCUT2D eigenvalue weighted by atomic mass is 10.0. The molecule has 4 N–H and O–H groups in total. The lowest BCUT2D eigenvalue weighted by molar-refractivity contribution is -0.123. The molecule has 0 aromatic rings. The Morgan fingerprint density at radius 1 is 0.373 bits per heavy atom. The summed E-state index contributed by atoms with van der Waals surface area (Å²) >= 11 is 0. The van der Waals surface area contributed by atoms with Crippen molar-refractivity contribution in [3.05, 3.63) is 0 Å². The number of hydrogen-bond donors (Lipinski definition) is 4. The Bertz CT molecular complexity index is 1010. The molecule has 0 bridgehead atoms. The van der Waals surface area contributed by atoms with Gasteiger partial charge in [-0.25, -0.2) is 4.57 Å². The second-order valence-electron chi connectivity index (χ2n) is 21.4. The highest BCUT2D eigenvalue weighted by atomic mass is 31.2. The SMILES string of the molecule is CCCCCCCCCCCCCCCCCCCCCCCCCCCCCCCCCCCCC(=O)N[C@@H](COP(=O)(O)O)[C@H](O)CCCCCCCCCCCCCCCCCCC. The molecule has 402 valence electrons. The third kappa shape index (κ3) is 56.3. The number of phosphoric ester groups is 1. The van der Waals surface area contributed by atoms with Crippen LogP contribution in [-0.4, -0.2) is 39.6 Å². The van der Waals surface area contributed by atoms with Crippen molar-refractivity contribution in [1.29, 1.82) is 0 Å². The summed E-state index contributed by atoms with van der Waals surface area (Å²) in [7, 11) is -4.70. The first-order valence-corrected chi connectivity index (χ1v) is 32.0. The van der Waals surface area contributed by atoms with Crippen molar-refractivity contribution >= 4 is 13.7 Å². The number of carbonyl (C=O) groups is 1. The molecule has 0 rings (SSSR count). The first kappa shape index (κ1) is 66.5. The minimum absolute atomic E-state index is 0.184. The Kier molecular flexibility index (Phi) is 54.5. The first-order valence-electron chi connectivity index (χ1n) is 30.5. The van der Waals surface area contributed by atoms with Crippen molar-refractivity contribution in [1.82, 2.24) is 5.32 Å². The van der Waals surface area contributed by atoms with E-state index in [2.05, 4.69) is 19.2 Å². The van der Waals surface area contributed by atoms with Crippen molar-refractivity contribution in [2.45, 2.75) is 366 Å². The van der Waals surface area contributed by atoms with Crippen LogP contribution in [0.3, 0.4) is 0 Å². The summed E-state index contributed by atoms with van der Waals surface area (Å²) in [5.41, 5.74) is 0. The predicted octanol–water partition coefficient (Wildman–Crippen LogP) is 19.7. The lowest BCUT2D eigenvalue weighted by Crippen LogP contribution is -2.46. The molecule has 0 aliphatic rings. The highest BCUT2D eigenvalue weighted by Gasteiger charge is 2.25. The predicted molar refractivity (Wildman–Crippen MR) is 292 cm³/mol. The fraction of sp³-hybridized carbons (Fsp3) is 0.983. The second-order valence-corrected chi connectivity index (χ2v) is 22.6. The van der Waals surface area contributed by atoms with Crippen LogP contribution in [0, 0.1) is 0 Å². The summed E-state index contributed by atoms with van der Waals surface area (Å²) in [4.78, 5) is 31.2. The number of carbonyl (C=O) groups excluding carboxylic acids is 1. The maximum atomic E-state index is 12.7. The summed E-state index contributed by atoms with van der Waals surface area (Å²) < 4.78 is 16.1. The van der Waals surface area contributed by atoms with E-state index in [1.54, 1.807) is 0 Å². The molecule has 0 aliphatic heterocycles. The molecule has 0 saturated carbocycles. The summed E-state index contributed by atoms with van der Waals surface area (Å²) in [6, 6.07) is -0.820. The summed E-state index contributed by atoms with van der Waals surface area (Å²) in [5.74, 6) is -0.184. The zero-order valence-electron chi connectivity index (χ0n) is 45.4. The van der Waals surface area contributed by atoms with Gasteiger partial charge in [0.25, 0.3) is 0 Å². The number of aliphatic hydroxyl groups is 1. The fourth-order valence-corrected chi connectivity index (χ4v) is 10.4. The van der Waals surface area contributed by atoms with E-state index in [-0.39, 0.29) is 5.91 Å². The van der Waals surface area contributed by atoms with E-state index in [0.29, 0.717) is 12.8 Å². The Morgan fingerprint density at radius 3 is 0.806 bits per heavy atom. The molecule has 0 radical (unpaired) electrons. The topological polar surface area (TPSA) is 116 Å². The second kappa shape index (κ2) is 54.9. The Labute approximate surface area is 419 Å². The molecule has 67 heavy (non-hydrogen) atoms. The van der Waals surface area contributed by atoms with E-state index < -0.39 is 26.6 Å². The lowest BCUT2D eigenvalue weighted by Gasteiger charge is -2.24. The maximum Gasteiger partial charge on any atom is 0.469 e. The molecule has 0 aromatic heterocycles. The smallest absolute Gasteiger partial charge is 0.391 e. The van der Waals surface area contributed by atoms with Crippen LogP contribution in [-0.2, 0) is 13.9 Å². The van der Waals surface area contributed by atoms with Crippen molar-refractivity contribution in [2.75, 3.05) is 6.61 Å². The van der Waals surface area contributed by atoms with Crippen LogP contribution >= 0.6 is 7.82 Å². The van der Waals surface area contributed by atoms with Gasteiger partial charge in [-0.3, -0.25) is 9.32 Å². The fourth-order valence-electron chi connectivity index (χ4n) is 10.0. The maximum absolute atomic E-state index is 12.7. The Morgan fingerprint density at radius 2 is 0.582 bits per heavy atom. The van der Waals surface area contributed by atoms with Gasteiger partial charge in [0.1, 0.15) is 0 Å². The minimum atomic E-state index is -4.70. The Hall–Kier alpha value is -0.460. The van der Waals surface area contributed by atoms with E-state index in [9.17, 15) is 24.3 Å². The number of aliphatic hydroxyl groups excluding tert-OH is 1. The number of phosphoric acid groups is 1. The van der Waals surface area contributed by atoms with Crippen LogP contribution in [0.25, 0.3) is 0 Å². The van der Waals surface area contributed by atoms with Gasteiger partial charge in [0, 0.05) is 6.42 Å². The molecule has 0 spiro atoms. The van der Waals surface area contributed by atoms with Gasteiger partial charge in [0.05, 0.1) is 18.8 Å². The van der Waals surface area contributed by atoms with E-state index >= 15 is 0 Å². The van der Waals surface area contributed by atoms with Crippen LogP contribution in [0.5, 0.6) is 0 Å². The molecule has 0 unspecified atom stereocenters. The third-order valence-electron chi connectivity index (χ3n) is 14.6. The average molecular weight is 971 g/mol. The van der Waals surface area contributed by atoms with E-state index in [4.69, 9.17) is 4.52 Å². The van der Waals surface area contributed by atoms with Gasteiger partial charge in [-0.15, -0.1) is 0 Å². The molecule has 0 aliphatic carbocycles. The molecule has 8 heteroatoms. The van der Waals surface area contributed by atoms with Crippen LogP contribution in [0.1, 0.15) is 354 Å². The molecule has 0 heterocycles. The third-order valence-corrected chi connectivity index (χ3v) is 15.1. The van der Waals surface area contributed by atoms with Crippen LogP contribution in [0.2, 0.25) is 0 Å². The van der Waals surface area contributed by atoms with Gasteiger partial charge in [-0.2, -0.15) is 0 Å². The molecule has 1 amide bonds. The van der Waals surface area contributed by atoms with E-state index in [1.807, 2.05) is 0 Å². The zero-order valence-corrected chi connectivity index (χ0v) is 46.2. The van der Waals surface area contributed by atoms with Gasteiger partial charge < -0.3 is 20.2 Å². The van der Waals surface area contributed by atoms with Gasteiger partial charge in [-0.05, 0) is 12.8 Å². The van der Waals surface area contributed by atoms with Crippen LogP contribution < -0.4 is 5.32 Å². The van der Waals surface area contributed by atoms with Crippen LogP contribution in [0.15, 0.2) is 0 Å². The molecular weight excluding hydrogens is 850 g/mol. The van der Waals surface area contributed by atoms with Gasteiger partial charge in [0.15, 0.2) is 0 Å². The van der Waals surface area contributed by atoms with E-state index in [0.717, 1.165) is 38.5 Å². The average Bonchev–Trinajstić information content (AvgIpc) is 3.31. The normalized spacial score (nSPS) is 12.9. The van der Waals surface area contributed by atoms with Gasteiger partial charge >= 0.3 is 7.82 Å². The number of amides is 1. The van der Waals surface area contributed by atoms with Crippen molar-refractivity contribution < 1.29 is 28.8 Å². The molecule has 2 atom stereocenters. The quantitative estimate of drug-likeness (QED) is 0.0356. The highest BCUT2D eigenvalue weighted by molar-refractivity contribution is 7.46. The molecule has 0 aromatic carbocycles. The number of unbranched alkanes of at least 4 members (excludes halogenated alkanes) is 49. The van der Waals surface area contributed by atoms with Gasteiger partial charge in [-0.1, -0.05) is 335 Å². The van der Waals surface area contributed by atoms with Crippen molar-refractivity contribution in [3.8, 4) is 0 Å².